The fourth-order valence-corrected chi connectivity index (χ4v) is 5.57. The third-order valence-electron chi connectivity index (χ3n) is 7.57. The van der Waals surface area contributed by atoms with Crippen molar-refractivity contribution in [2.45, 2.75) is 72.1 Å². The Bertz CT molecular complexity index is 1000. The zero-order valence-electron chi connectivity index (χ0n) is 18.9. The van der Waals surface area contributed by atoms with E-state index in [1.54, 1.807) is 0 Å². The van der Waals surface area contributed by atoms with Crippen molar-refractivity contribution in [3.63, 3.8) is 0 Å². The van der Waals surface area contributed by atoms with Crippen LogP contribution in [0.3, 0.4) is 0 Å². The number of carbonyl (C=O) groups is 1. The average Bonchev–Trinajstić information content (AvgIpc) is 3.04. The van der Waals surface area contributed by atoms with Gasteiger partial charge in [-0.2, -0.15) is 0 Å². The summed E-state index contributed by atoms with van der Waals surface area (Å²) in [6, 6.07) is 9.41. The van der Waals surface area contributed by atoms with Gasteiger partial charge in [0.25, 0.3) is 0 Å². The van der Waals surface area contributed by atoms with E-state index in [0.29, 0.717) is 12.3 Å². The minimum Gasteiger partial charge on any atom is -0.492 e. The van der Waals surface area contributed by atoms with E-state index >= 15 is 0 Å². The highest BCUT2D eigenvalue weighted by molar-refractivity contribution is 5.88. The molecule has 2 unspecified atom stereocenters. The predicted octanol–water partition coefficient (Wildman–Crippen LogP) is 6.69. The molecule has 0 aromatic heterocycles. The Morgan fingerprint density at radius 3 is 2.60 bits per heavy atom. The first kappa shape index (κ1) is 20.9. The van der Waals surface area contributed by atoms with Gasteiger partial charge in [0.15, 0.2) is 5.78 Å². The van der Waals surface area contributed by atoms with Crippen molar-refractivity contribution in [1.29, 1.82) is 0 Å². The molecule has 0 spiro atoms. The number of ketones is 1. The molecule has 0 radical (unpaired) electrons. The van der Waals surface area contributed by atoms with Crippen LogP contribution in [0.1, 0.15) is 77.0 Å². The van der Waals surface area contributed by atoms with Gasteiger partial charge in [0.2, 0.25) is 0 Å². The van der Waals surface area contributed by atoms with Gasteiger partial charge in [-0.15, -0.1) is 0 Å². The first-order valence-corrected chi connectivity index (χ1v) is 11.3. The minimum atomic E-state index is 0.125. The van der Waals surface area contributed by atoms with Crippen LogP contribution in [0, 0.1) is 33.1 Å². The summed E-state index contributed by atoms with van der Waals surface area (Å²) in [6.07, 6.45) is 7.47. The molecule has 0 saturated carbocycles. The van der Waals surface area contributed by atoms with Crippen molar-refractivity contribution in [3.8, 4) is 5.75 Å². The number of hydrogen-bond acceptors (Lipinski definition) is 2. The fraction of sp³-hybridized carbons (Fsp3) is 0.464. The quantitative estimate of drug-likeness (QED) is 0.381. The molecule has 1 heterocycles. The first-order valence-electron chi connectivity index (χ1n) is 11.3. The van der Waals surface area contributed by atoms with Gasteiger partial charge >= 0.3 is 0 Å². The lowest BCUT2D eigenvalue weighted by molar-refractivity contribution is -0.114. The van der Waals surface area contributed by atoms with E-state index in [2.05, 4.69) is 58.5 Å². The van der Waals surface area contributed by atoms with Gasteiger partial charge in [-0.25, -0.2) is 0 Å². The lowest BCUT2D eigenvalue weighted by Crippen LogP contribution is -2.37. The summed E-state index contributed by atoms with van der Waals surface area (Å²) in [5.74, 6) is 1.67. The van der Waals surface area contributed by atoms with Crippen LogP contribution in [0.15, 0.2) is 36.9 Å². The van der Waals surface area contributed by atoms with E-state index in [1.807, 2.05) is 0 Å². The standard InChI is InChI=1S/C28H34O2/c1-6-23(29)10-8-7-9-13-28-16-22-14-19(3)20(4)15-25(22)26(28)24-12-11-18(2)21(5)27(24)30-17-28/h6,11-12,14-15,26H,1,7-10,13,16-17H2,2-5H3. The van der Waals surface area contributed by atoms with Crippen molar-refractivity contribution in [2.75, 3.05) is 6.61 Å². The lowest BCUT2D eigenvalue weighted by atomic mass is 9.68. The fourth-order valence-electron chi connectivity index (χ4n) is 5.57. The molecule has 0 bridgehead atoms. The highest BCUT2D eigenvalue weighted by atomic mass is 16.5. The van der Waals surface area contributed by atoms with Gasteiger partial charge in [-0.1, -0.05) is 43.7 Å². The summed E-state index contributed by atoms with van der Waals surface area (Å²) in [5, 5.41) is 0. The maximum atomic E-state index is 11.5. The van der Waals surface area contributed by atoms with E-state index in [1.165, 1.54) is 45.0 Å². The molecule has 2 aromatic rings. The van der Waals surface area contributed by atoms with Gasteiger partial charge in [-0.3, -0.25) is 4.79 Å². The molecule has 0 N–H and O–H groups in total. The summed E-state index contributed by atoms with van der Waals surface area (Å²) in [6.45, 7) is 13.2. The number of ether oxygens (including phenoxy) is 1. The molecule has 2 aliphatic rings. The summed E-state index contributed by atoms with van der Waals surface area (Å²) < 4.78 is 6.49. The van der Waals surface area contributed by atoms with Gasteiger partial charge in [0.05, 0.1) is 6.61 Å². The number of unbranched alkanes of at least 4 members (excludes halogenated alkanes) is 2. The number of carbonyl (C=O) groups excluding carboxylic acids is 1. The average molecular weight is 403 g/mol. The molecule has 0 fully saturated rings. The van der Waals surface area contributed by atoms with Crippen LogP contribution >= 0.6 is 0 Å². The molecule has 1 aliphatic carbocycles. The largest absolute Gasteiger partial charge is 0.492 e. The third-order valence-corrected chi connectivity index (χ3v) is 7.57. The first-order chi connectivity index (χ1) is 14.4. The van der Waals surface area contributed by atoms with Crippen molar-refractivity contribution in [3.05, 3.63) is 75.9 Å². The Hall–Kier alpha value is -2.35. The minimum absolute atomic E-state index is 0.125. The molecule has 2 aromatic carbocycles. The Labute approximate surface area is 181 Å². The molecule has 158 valence electrons. The van der Waals surface area contributed by atoms with Crippen LogP contribution in [-0.4, -0.2) is 12.4 Å². The molecule has 2 heteroatoms. The normalized spacial score (nSPS) is 21.4. The number of hydrogen-bond donors (Lipinski definition) is 0. The topological polar surface area (TPSA) is 26.3 Å². The molecule has 2 nitrogen and oxygen atoms in total. The maximum Gasteiger partial charge on any atom is 0.155 e. The Kier molecular flexibility index (Phi) is 5.61. The zero-order valence-corrected chi connectivity index (χ0v) is 18.9. The summed E-state index contributed by atoms with van der Waals surface area (Å²) in [4.78, 5) is 11.5. The second-order valence-electron chi connectivity index (χ2n) is 9.55. The molecule has 0 saturated heterocycles. The number of benzene rings is 2. The highest BCUT2D eigenvalue weighted by Crippen LogP contribution is 2.58. The second-order valence-corrected chi connectivity index (χ2v) is 9.55. The van der Waals surface area contributed by atoms with Crippen LogP contribution in [0.4, 0.5) is 0 Å². The number of aryl methyl sites for hydroxylation is 3. The number of allylic oxidation sites excluding steroid dienone is 1. The van der Waals surface area contributed by atoms with Gasteiger partial charge < -0.3 is 4.74 Å². The molecule has 30 heavy (non-hydrogen) atoms. The van der Waals surface area contributed by atoms with Crippen LogP contribution in [0.5, 0.6) is 5.75 Å². The lowest BCUT2D eigenvalue weighted by Gasteiger charge is -2.42. The van der Waals surface area contributed by atoms with E-state index in [9.17, 15) is 4.79 Å². The van der Waals surface area contributed by atoms with E-state index < -0.39 is 0 Å². The van der Waals surface area contributed by atoms with Crippen molar-refractivity contribution in [2.24, 2.45) is 5.41 Å². The second kappa shape index (κ2) is 8.06. The molecule has 1 aliphatic heterocycles. The SMILES string of the molecule is C=CC(=O)CCCCCC12COc3c(ccc(C)c3C)C1c1cc(C)c(C)cc1C2. The maximum absolute atomic E-state index is 11.5. The van der Waals surface area contributed by atoms with E-state index in [0.717, 1.165) is 44.5 Å². The summed E-state index contributed by atoms with van der Waals surface area (Å²) in [7, 11) is 0. The van der Waals surface area contributed by atoms with Crippen LogP contribution in [0.25, 0.3) is 0 Å². The zero-order chi connectivity index (χ0) is 21.5. The summed E-state index contributed by atoms with van der Waals surface area (Å²) >= 11 is 0. The van der Waals surface area contributed by atoms with Gasteiger partial charge in [-0.05, 0) is 86.4 Å². The molecule has 0 amide bonds. The Morgan fingerprint density at radius 1 is 1.07 bits per heavy atom. The third kappa shape index (κ3) is 3.51. The molecule has 2 atom stereocenters. The Morgan fingerprint density at radius 2 is 1.83 bits per heavy atom. The van der Waals surface area contributed by atoms with Crippen molar-refractivity contribution >= 4 is 5.78 Å². The van der Waals surface area contributed by atoms with Crippen molar-refractivity contribution in [1.82, 2.24) is 0 Å². The van der Waals surface area contributed by atoms with E-state index in [-0.39, 0.29) is 11.2 Å². The highest BCUT2D eigenvalue weighted by Gasteiger charge is 2.50. The van der Waals surface area contributed by atoms with Crippen LogP contribution in [0.2, 0.25) is 0 Å². The molecular formula is C28H34O2. The predicted molar refractivity (Wildman–Crippen MR) is 124 cm³/mol. The van der Waals surface area contributed by atoms with E-state index in [4.69, 9.17) is 4.74 Å². The molecule has 4 rings (SSSR count). The number of rotatable bonds is 7. The van der Waals surface area contributed by atoms with Gasteiger partial charge in [0, 0.05) is 23.3 Å². The van der Waals surface area contributed by atoms with Crippen LogP contribution < -0.4 is 4.74 Å². The van der Waals surface area contributed by atoms with Gasteiger partial charge in [0.1, 0.15) is 5.75 Å². The summed E-state index contributed by atoms with van der Waals surface area (Å²) in [5.41, 5.74) is 9.84. The smallest absolute Gasteiger partial charge is 0.155 e. The van der Waals surface area contributed by atoms with Crippen molar-refractivity contribution < 1.29 is 9.53 Å². The monoisotopic (exact) mass is 402 g/mol. The van der Waals surface area contributed by atoms with Crippen LogP contribution in [-0.2, 0) is 11.2 Å². The Balaban J connectivity index is 1.66. The number of fused-ring (bicyclic) bond motifs is 5. The molecular weight excluding hydrogens is 368 g/mol.